The molecule has 0 fully saturated rings. The normalized spacial score (nSPS) is 15.1. The molecule has 6 nitrogen and oxygen atoms in total. The first-order valence-electron chi connectivity index (χ1n) is 9.06. The van der Waals surface area contributed by atoms with Gasteiger partial charge in [0.25, 0.3) is 5.91 Å². The highest BCUT2D eigenvalue weighted by atomic mass is 127. The molecule has 2 N–H and O–H groups in total. The Kier molecular flexibility index (Phi) is 8.10. The number of hydrogen-bond acceptors (Lipinski definition) is 3. The quantitative estimate of drug-likeness (QED) is 0.381. The highest BCUT2D eigenvalue weighted by molar-refractivity contribution is 14.0. The first-order valence-corrected chi connectivity index (χ1v) is 9.06. The van der Waals surface area contributed by atoms with E-state index in [0.717, 1.165) is 23.7 Å². The first-order chi connectivity index (χ1) is 13.1. The Morgan fingerprint density at radius 2 is 1.86 bits per heavy atom. The molecule has 2 aromatic rings. The largest absolute Gasteiger partial charge is 0.488 e. The van der Waals surface area contributed by atoms with E-state index in [1.54, 1.807) is 26.0 Å². The van der Waals surface area contributed by atoms with E-state index in [1.807, 2.05) is 42.5 Å². The number of carbonyl (C=O) groups excluding carboxylic acids is 1. The minimum atomic E-state index is 0. The molecule has 0 radical (unpaired) electrons. The number of fused-ring (bicyclic) bond motifs is 1. The molecule has 1 unspecified atom stereocenters. The maximum absolute atomic E-state index is 11.9. The summed E-state index contributed by atoms with van der Waals surface area (Å²) >= 11 is 0. The van der Waals surface area contributed by atoms with Crippen molar-refractivity contribution in [2.45, 2.75) is 19.1 Å². The number of guanidine groups is 1. The highest BCUT2D eigenvalue weighted by Crippen LogP contribution is 2.27. The van der Waals surface area contributed by atoms with Gasteiger partial charge in [-0.3, -0.25) is 9.79 Å². The number of carbonyl (C=O) groups is 1. The molecule has 2 aromatic carbocycles. The summed E-state index contributed by atoms with van der Waals surface area (Å²) in [5.74, 6) is 1.70. The van der Waals surface area contributed by atoms with Gasteiger partial charge in [-0.1, -0.05) is 30.3 Å². The lowest BCUT2D eigenvalue weighted by Crippen LogP contribution is -2.41. The van der Waals surface area contributed by atoms with Crippen molar-refractivity contribution in [3.05, 3.63) is 65.2 Å². The van der Waals surface area contributed by atoms with Gasteiger partial charge in [0.2, 0.25) is 0 Å². The van der Waals surface area contributed by atoms with E-state index < -0.39 is 0 Å². The number of para-hydroxylation sites is 1. The van der Waals surface area contributed by atoms with Gasteiger partial charge < -0.3 is 20.3 Å². The van der Waals surface area contributed by atoms with Crippen LogP contribution < -0.4 is 15.4 Å². The second-order valence-electron chi connectivity index (χ2n) is 6.75. The van der Waals surface area contributed by atoms with Crippen LogP contribution in [-0.4, -0.2) is 50.6 Å². The maximum atomic E-state index is 11.9. The summed E-state index contributed by atoms with van der Waals surface area (Å²) in [6.07, 6.45) is 1.01. The highest BCUT2D eigenvalue weighted by Gasteiger charge is 2.22. The number of aliphatic imine (C=N–C) groups is 1. The van der Waals surface area contributed by atoms with Crippen molar-refractivity contribution in [1.82, 2.24) is 15.5 Å². The molecule has 0 saturated carbocycles. The summed E-state index contributed by atoms with van der Waals surface area (Å²) in [6.45, 7) is 1.31. The Labute approximate surface area is 183 Å². The minimum absolute atomic E-state index is 0. The molecule has 1 amide bonds. The molecule has 28 heavy (non-hydrogen) atoms. The molecule has 1 atom stereocenters. The van der Waals surface area contributed by atoms with Crippen LogP contribution in [0.5, 0.6) is 5.75 Å². The predicted octanol–water partition coefficient (Wildman–Crippen LogP) is 2.68. The Balaban J connectivity index is 0.00000280. The van der Waals surface area contributed by atoms with E-state index in [0.29, 0.717) is 18.7 Å². The lowest BCUT2D eigenvalue weighted by molar-refractivity contribution is 0.0827. The molecular weight excluding hydrogens is 467 g/mol. The zero-order chi connectivity index (χ0) is 19.2. The van der Waals surface area contributed by atoms with Crippen molar-refractivity contribution in [3.63, 3.8) is 0 Å². The number of nitrogens with one attached hydrogen (secondary N) is 2. The molecule has 0 bridgehead atoms. The van der Waals surface area contributed by atoms with E-state index >= 15 is 0 Å². The molecule has 1 heterocycles. The predicted molar refractivity (Wildman–Crippen MR) is 123 cm³/mol. The molecule has 150 valence electrons. The third-order valence-electron chi connectivity index (χ3n) is 4.50. The average molecular weight is 494 g/mol. The monoisotopic (exact) mass is 494 g/mol. The number of benzene rings is 2. The van der Waals surface area contributed by atoms with Crippen LogP contribution >= 0.6 is 24.0 Å². The number of nitrogens with zero attached hydrogens (tertiary/aromatic N) is 2. The van der Waals surface area contributed by atoms with Crippen LogP contribution in [0.25, 0.3) is 0 Å². The summed E-state index contributed by atoms with van der Waals surface area (Å²) in [5, 5.41) is 6.60. The van der Waals surface area contributed by atoms with Gasteiger partial charge in [0.05, 0.1) is 6.54 Å². The molecular formula is C21H27IN4O2. The van der Waals surface area contributed by atoms with Crippen molar-refractivity contribution in [1.29, 1.82) is 0 Å². The lowest BCUT2D eigenvalue weighted by atomic mass is 10.1. The number of hydrogen-bond donors (Lipinski definition) is 2. The molecule has 1 aliphatic heterocycles. The Morgan fingerprint density at radius 3 is 2.50 bits per heavy atom. The fourth-order valence-electron chi connectivity index (χ4n) is 3.01. The smallest absolute Gasteiger partial charge is 0.253 e. The molecule has 0 spiro atoms. The standard InChI is InChI=1S/C21H26N4O2.HI/c1-22-21(24-14-18-12-17-6-4-5-7-19(17)27-18)23-13-15-8-10-16(11-9-15)20(26)25(2)3;/h4-11,18H,12-14H2,1-3H3,(H2,22,23,24);1H. The van der Waals surface area contributed by atoms with E-state index in [4.69, 9.17) is 4.74 Å². The van der Waals surface area contributed by atoms with E-state index in [1.165, 1.54) is 5.56 Å². The summed E-state index contributed by atoms with van der Waals surface area (Å²) in [5.41, 5.74) is 3.02. The summed E-state index contributed by atoms with van der Waals surface area (Å²) in [7, 11) is 5.25. The van der Waals surface area contributed by atoms with Crippen molar-refractivity contribution < 1.29 is 9.53 Å². The molecule has 3 rings (SSSR count). The minimum Gasteiger partial charge on any atom is -0.488 e. The van der Waals surface area contributed by atoms with Crippen LogP contribution in [-0.2, 0) is 13.0 Å². The van der Waals surface area contributed by atoms with E-state index in [-0.39, 0.29) is 36.0 Å². The van der Waals surface area contributed by atoms with Crippen LogP contribution in [0.2, 0.25) is 0 Å². The Morgan fingerprint density at radius 1 is 1.14 bits per heavy atom. The van der Waals surface area contributed by atoms with Crippen LogP contribution in [0.1, 0.15) is 21.5 Å². The average Bonchev–Trinajstić information content (AvgIpc) is 3.11. The fourth-order valence-corrected chi connectivity index (χ4v) is 3.01. The third-order valence-corrected chi connectivity index (χ3v) is 4.50. The number of rotatable bonds is 5. The second kappa shape index (κ2) is 10.3. The molecule has 7 heteroatoms. The molecule has 0 saturated heterocycles. The zero-order valence-electron chi connectivity index (χ0n) is 16.4. The van der Waals surface area contributed by atoms with Crippen LogP contribution in [0.4, 0.5) is 0 Å². The first kappa shape index (κ1) is 22.0. The SMILES string of the molecule is CN=C(NCc1ccc(C(=O)N(C)C)cc1)NCC1Cc2ccccc2O1.I. The maximum Gasteiger partial charge on any atom is 0.253 e. The van der Waals surface area contributed by atoms with Gasteiger partial charge >= 0.3 is 0 Å². The van der Waals surface area contributed by atoms with Crippen LogP contribution in [0, 0.1) is 0 Å². The van der Waals surface area contributed by atoms with E-state index in [9.17, 15) is 4.79 Å². The van der Waals surface area contributed by atoms with Gasteiger partial charge in [-0.15, -0.1) is 24.0 Å². The Bertz CT molecular complexity index is 796. The van der Waals surface area contributed by atoms with Gasteiger partial charge in [0.1, 0.15) is 11.9 Å². The van der Waals surface area contributed by atoms with E-state index in [2.05, 4.69) is 21.7 Å². The lowest BCUT2D eigenvalue weighted by Gasteiger charge is -2.16. The topological polar surface area (TPSA) is 66.0 Å². The van der Waals surface area contributed by atoms with Gasteiger partial charge in [0.15, 0.2) is 5.96 Å². The molecule has 0 aromatic heterocycles. The number of ether oxygens (including phenoxy) is 1. The second-order valence-corrected chi connectivity index (χ2v) is 6.75. The van der Waals surface area contributed by atoms with Gasteiger partial charge in [-0.25, -0.2) is 0 Å². The summed E-state index contributed by atoms with van der Waals surface area (Å²) in [6, 6.07) is 15.7. The van der Waals surface area contributed by atoms with Crippen molar-refractivity contribution >= 4 is 35.8 Å². The third kappa shape index (κ3) is 5.60. The Hall–Kier alpha value is -2.29. The molecule has 0 aliphatic carbocycles. The van der Waals surface area contributed by atoms with Gasteiger partial charge in [-0.05, 0) is 29.3 Å². The zero-order valence-corrected chi connectivity index (χ0v) is 18.8. The van der Waals surface area contributed by atoms with Crippen molar-refractivity contribution in [2.24, 2.45) is 4.99 Å². The summed E-state index contributed by atoms with van der Waals surface area (Å²) in [4.78, 5) is 17.8. The van der Waals surface area contributed by atoms with Crippen LogP contribution in [0.3, 0.4) is 0 Å². The summed E-state index contributed by atoms with van der Waals surface area (Å²) < 4.78 is 5.94. The fraction of sp³-hybridized carbons (Fsp3) is 0.333. The number of amides is 1. The van der Waals surface area contributed by atoms with Gasteiger partial charge in [-0.2, -0.15) is 0 Å². The van der Waals surface area contributed by atoms with Crippen molar-refractivity contribution in [2.75, 3.05) is 27.7 Å². The number of halogens is 1. The van der Waals surface area contributed by atoms with Crippen LogP contribution in [0.15, 0.2) is 53.5 Å². The van der Waals surface area contributed by atoms with Gasteiger partial charge in [0, 0.05) is 39.7 Å². The molecule has 1 aliphatic rings. The van der Waals surface area contributed by atoms with Crippen molar-refractivity contribution in [3.8, 4) is 5.75 Å².